The number of benzene rings is 1. The molecule has 13 heavy (non-hydrogen) atoms. The molecule has 1 aromatic carbocycles. The summed E-state index contributed by atoms with van der Waals surface area (Å²) in [6.45, 7) is 0.656. The van der Waals surface area contributed by atoms with Crippen LogP contribution in [0.4, 0.5) is 5.69 Å². The number of halogens is 2. The van der Waals surface area contributed by atoms with Gasteiger partial charge in [-0.2, -0.15) is 0 Å². The van der Waals surface area contributed by atoms with Gasteiger partial charge in [0.1, 0.15) is 0 Å². The molecule has 0 radical (unpaired) electrons. The molecule has 1 heterocycles. The number of anilines is 1. The summed E-state index contributed by atoms with van der Waals surface area (Å²) in [6, 6.07) is 6.08. The third-order valence-corrected chi connectivity index (χ3v) is 2.55. The van der Waals surface area contributed by atoms with Gasteiger partial charge in [-0.3, -0.25) is 0 Å². The number of rotatable bonds is 0. The number of fused-ring (bicyclic) bond motifs is 1. The first-order chi connectivity index (χ1) is 5.75. The van der Waals surface area contributed by atoms with Crippen LogP contribution in [0.2, 0.25) is 0 Å². The van der Waals surface area contributed by atoms with Crippen LogP contribution in [0.25, 0.3) is 0 Å². The summed E-state index contributed by atoms with van der Waals surface area (Å²) in [6.07, 6.45) is 0.522. The third-order valence-electron chi connectivity index (χ3n) is 2.06. The quantitative estimate of drug-likeness (QED) is 0.753. The van der Waals surface area contributed by atoms with E-state index in [0.717, 1.165) is 16.6 Å². The van der Waals surface area contributed by atoms with E-state index in [9.17, 15) is 5.11 Å². The number of hydrogen-bond acceptors (Lipinski definition) is 2. The first kappa shape index (κ1) is 10.8. The van der Waals surface area contributed by atoms with Crippen molar-refractivity contribution in [1.82, 2.24) is 0 Å². The Kier molecular flexibility index (Phi) is 3.59. The zero-order valence-corrected chi connectivity index (χ0v) is 9.36. The highest BCUT2D eigenvalue weighted by Gasteiger charge is 2.14. The SMILES string of the molecule is Cl.OC1CNc2cc(Br)ccc2C1. The van der Waals surface area contributed by atoms with Gasteiger partial charge in [-0.05, 0) is 17.7 Å². The average Bonchev–Trinajstić information content (AvgIpc) is 2.05. The maximum Gasteiger partial charge on any atom is 0.0753 e. The smallest absolute Gasteiger partial charge is 0.0753 e. The van der Waals surface area contributed by atoms with Gasteiger partial charge >= 0.3 is 0 Å². The van der Waals surface area contributed by atoms with Crippen molar-refractivity contribution in [1.29, 1.82) is 0 Å². The van der Waals surface area contributed by atoms with E-state index in [1.54, 1.807) is 0 Å². The normalized spacial score (nSPS) is 19.7. The molecule has 2 nitrogen and oxygen atoms in total. The van der Waals surface area contributed by atoms with Crippen LogP contribution >= 0.6 is 28.3 Å². The molecular weight excluding hydrogens is 253 g/mol. The van der Waals surface area contributed by atoms with Crippen molar-refractivity contribution in [3.05, 3.63) is 28.2 Å². The molecular formula is C9H11BrClNO. The second kappa shape index (κ2) is 4.31. The van der Waals surface area contributed by atoms with Crippen molar-refractivity contribution >= 4 is 34.0 Å². The van der Waals surface area contributed by atoms with Crippen molar-refractivity contribution in [2.45, 2.75) is 12.5 Å². The summed E-state index contributed by atoms with van der Waals surface area (Å²) in [5.41, 5.74) is 2.33. The van der Waals surface area contributed by atoms with E-state index < -0.39 is 0 Å². The van der Waals surface area contributed by atoms with Crippen LogP contribution in [0.15, 0.2) is 22.7 Å². The lowest BCUT2D eigenvalue weighted by atomic mass is 10.0. The molecule has 0 fully saturated rings. The Morgan fingerprint density at radius 3 is 3.00 bits per heavy atom. The summed E-state index contributed by atoms with van der Waals surface area (Å²) in [7, 11) is 0. The molecule has 72 valence electrons. The van der Waals surface area contributed by atoms with Gasteiger partial charge in [0.2, 0.25) is 0 Å². The minimum Gasteiger partial charge on any atom is -0.391 e. The third kappa shape index (κ3) is 2.36. The summed E-state index contributed by atoms with van der Waals surface area (Å²) in [5, 5.41) is 12.5. The Morgan fingerprint density at radius 2 is 2.23 bits per heavy atom. The Balaban J connectivity index is 0.000000845. The van der Waals surface area contributed by atoms with E-state index in [-0.39, 0.29) is 18.5 Å². The lowest BCUT2D eigenvalue weighted by Crippen LogP contribution is -2.27. The van der Waals surface area contributed by atoms with Gasteiger partial charge in [0, 0.05) is 23.1 Å². The second-order valence-corrected chi connectivity index (χ2v) is 3.96. The van der Waals surface area contributed by atoms with Crippen LogP contribution in [0.3, 0.4) is 0 Å². The van der Waals surface area contributed by atoms with Gasteiger partial charge in [0.05, 0.1) is 6.10 Å². The molecule has 0 bridgehead atoms. The summed E-state index contributed by atoms with van der Waals surface area (Å²) in [4.78, 5) is 0. The zero-order chi connectivity index (χ0) is 8.55. The predicted molar refractivity (Wildman–Crippen MR) is 59.6 cm³/mol. The van der Waals surface area contributed by atoms with Crippen LogP contribution in [0.1, 0.15) is 5.56 Å². The Bertz CT molecular complexity index is 306. The Morgan fingerprint density at radius 1 is 1.46 bits per heavy atom. The molecule has 1 aromatic rings. The molecule has 0 spiro atoms. The van der Waals surface area contributed by atoms with E-state index in [1.807, 2.05) is 18.2 Å². The van der Waals surface area contributed by atoms with Crippen molar-refractivity contribution in [3.8, 4) is 0 Å². The van der Waals surface area contributed by atoms with E-state index in [1.165, 1.54) is 5.56 Å². The molecule has 1 unspecified atom stereocenters. The summed E-state index contributed by atoms with van der Waals surface area (Å²) < 4.78 is 1.07. The molecule has 0 aromatic heterocycles. The molecule has 2 N–H and O–H groups in total. The van der Waals surface area contributed by atoms with Crippen LogP contribution < -0.4 is 5.32 Å². The van der Waals surface area contributed by atoms with Gasteiger partial charge in [-0.15, -0.1) is 12.4 Å². The fourth-order valence-electron chi connectivity index (χ4n) is 1.45. The minimum atomic E-state index is -0.237. The predicted octanol–water partition coefficient (Wildman–Crippen LogP) is 2.20. The lowest BCUT2D eigenvalue weighted by Gasteiger charge is -2.22. The molecule has 2 rings (SSSR count). The standard InChI is InChI=1S/C9H10BrNO.ClH/c10-7-2-1-6-3-8(12)5-11-9(6)4-7;/h1-2,4,8,11-12H,3,5H2;1H. The molecule has 1 aliphatic heterocycles. The fourth-order valence-corrected chi connectivity index (χ4v) is 1.81. The highest BCUT2D eigenvalue weighted by Crippen LogP contribution is 2.25. The average molecular weight is 265 g/mol. The fraction of sp³-hybridized carbons (Fsp3) is 0.333. The molecule has 1 atom stereocenters. The van der Waals surface area contributed by atoms with Gasteiger partial charge in [0.25, 0.3) is 0 Å². The zero-order valence-electron chi connectivity index (χ0n) is 6.96. The van der Waals surface area contributed by atoms with E-state index in [2.05, 4.69) is 21.2 Å². The maximum absolute atomic E-state index is 9.35. The first-order valence-corrected chi connectivity index (χ1v) is 4.75. The van der Waals surface area contributed by atoms with Crippen LogP contribution in [0.5, 0.6) is 0 Å². The van der Waals surface area contributed by atoms with E-state index >= 15 is 0 Å². The lowest BCUT2D eigenvalue weighted by molar-refractivity contribution is 0.184. The van der Waals surface area contributed by atoms with Crippen molar-refractivity contribution in [2.24, 2.45) is 0 Å². The van der Waals surface area contributed by atoms with Gasteiger partial charge < -0.3 is 10.4 Å². The molecule has 0 amide bonds. The van der Waals surface area contributed by atoms with Gasteiger partial charge in [0.15, 0.2) is 0 Å². The summed E-state index contributed by atoms with van der Waals surface area (Å²) in [5.74, 6) is 0. The highest BCUT2D eigenvalue weighted by molar-refractivity contribution is 9.10. The number of aliphatic hydroxyl groups is 1. The van der Waals surface area contributed by atoms with Crippen LogP contribution in [0, 0.1) is 0 Å². The summed E-state index contributed by atoms with van der Waals surface area (Å²) >= 11 is 3.40. The molecule has 1 aliphatic rings. The second-order valence-electron chi connectivity index (χ2n) is 3.04. The monoisotopic (exact) mass is 263 g/mol. The van der Waals surface area contributed by atoms with Crippen molar-refractivity contribution in [3.63, 3.8) is 0 Å². The molecule has 0 saturated carbocycles. The Labute approximate surface area is 91.9 Å². The highest BCUT2D eigenvalue weighted by atomic mass is 79.9. The molecule has 0 saturated heterocycles. The number of hydrogen-bond donors (Lipinski definition) is 2. The first-order valence-electron chi connectivity index (χ1n) is 3.96. The van der Waals surface area contributed by atoms with E-state index in [4.69, 9.17) is 0 Å². The number of β-amino-alcohol motifs (C(OH)–C–C–N with tert-alkyl or cyclic N) is 1. The minimum absolute atomic E-state index is 0. The molecule has 0 aliphatic carbocycles. The van der Waals surface area contributed by atoms with Gasteiger partial charge in [-0.25, -0.2) is 0 Å². The van der Waals surface area contributed by atoms with E-state index in [0.29, 0.717) is 6.54 Å². The number of aliphatic hydroxyl groups excluding tert-OH is 1. The van der Waals surface area contributed by atoms with Gasteiger partial charge in [-0.1, -0.05) is 22.0 Å². The van der Waals surface area contributed by atoms with Crippen molar-refractivity contribution < 1.29 is 5.11 Å². The topological polar surface area (TPSA) is 32.3 Å². The Hall–Kier alpha value is -0.250. The molecule has 4 heteroatoms. The van der Waals surface area contributed by atoms with Crippen LogP contribution in [-0.2, 0) is 6.42 Å². The van der Waals surface area contributed by atoms with Crippen molar-refractivity contribution in [2.75, 3.05) is 11.9 Å². The largest absolute Gasteiger partial charge is 0.391 e. The number of nitrogens with one attached hydrogen (secondary N) is 1. The van der Waals surface area contributed by atoms with Crippen LogP contribution in [-0.4, -0.2) is 17.8 Å². The maximum atomic E-state index is 9.35.